The molecule has 1 N–H and O–H groups in total. The predicted octanol–water partition coefficient (Wildman–Crippen LogP) is 2.35. The molecule has 0 aromatic carbocycles. The van der Waals surface area contributed by atoms with Crippen LogP contribution in [-0.2, 0) is 7.05 Å². The minimum absolute atomic E-state index is 0.169. The monoisotopic (exact) mass is 299 g/mol. The van der Waals surface area contributed by atoms with E-state index in [0.29, 0.717) is 5.78 Å². The number of fused-ring (bicyclic) bond motifs is 1. The van der Waals surface area contributed by atoms with Gasteiger partial charge in [0.1, 0.15) is 12.1 Å². The van der Waals surface area contributed by atoms with Crippen LogP contribution >= 0.6 is 0 Å². The zero-order chi connectivity index (χ0) is 15.9. The summed E-state index contributed by atoms with van der Waals surface area (Å²) in [6.07, 6.45) is 2.47. The van der Waals surface area contributed by atoms with Gasteiger partial charge in [0.2, 0.25) is 0 Å². The maximum Gasteiger partial charge on any atom is 0.254 e. The van der Waals surface area contributed by atoms with Crippen LogP contribution in [0.4, 0.5) is 5.82 Å². The number of aryl methyl sites for hydroxylation is 3. The summed E-state index contributed by atoms with van der Waals surface area (Å²) >= 11 is 0. The van der Waals surface area contributed by atoms with Crippen molar-refractivity contribution in [2.75, 3.05) is 5.32 Å². The van der Waals surface area contributed by atoms with Crippen molar-refractivity contribution in [1.29, 1.82) is 0 Å². The summed E-state index contributed by atoms with van der Waals surface area (Å²) in [5, 5.41) is 12.3. The van der Waals surface area contributed by atoms with Crippen molar-refractivity contribution >= 4 is 11.6 Å². The van der Waals surface area contributed by atoms with E-state index < -0.39 is 0 Å². The first-order chi connectivity index (χ1) is 10.5. The molecule has 0 spiro atoms. The van der Waals surface area contributed by atoms with Crippen LogP contribution in [0, 0.1) is 20.8 Å². The summed E-state index contributed by atoms with van der Waals surface area (Å²) in [6, 6.07) is 2.16. The Morgan fingerprint density at radius 2 is 2.05 bits per heavy atom. The topological polar surface area (TPSA) is 72.9 Å². The van der Waals surface area contributed by atoms with Crippen LogP contribution < -0.4 is 5.32 Å². The fourth-order valence-corrected chi connectivity index (χ4v) is 2.88. The predicted molar refractivity (Wildman–Crippen MR) is 84.9 cm³/mol. The van der Waals surface area contributed by atoms with Crippen molar-refractivity contribution < 1.29 is 0 Å². The van der Waals surface area contributed by atoms with Crippen LogP contribution in [0.15, 0.2) is 12.4 Å². The Morgan fingerprint density at radius 1 is 1.27 bits per heavy atom. The lowest BCUT2D eigenvalue weighted by atomic mass is 10.0. The van der Waals surface area contributed by atoms with Crippen LogP contribution in [-0.4, -0.2) is 29.4 Å². The van der Waals surface area contributed by atoms with Gasteiger partial charge in [-0.2, -0.15) is 19.7 Å². The number of hydrogen-bond donors (Lipinski definition) is 1. The second-order valence-electron chi connectivity index (χ2n) is 5.57. The van der Waals surface area contributed by atoms with Gasteiger partial charge in [-0.1, -0.05) is 6.92 Å². The number of nitrogens with one attached hydrogen (secondary N) is 1. The molecule has 0 fully saturated rings. The zero-order valence-corrected chi connectivity index (χ0v) is 13.6. The van der Waals surface area contributed by atoms with Crippen molar-refractivity contribution in [2.45, 2.75) is 40.2 Å². The van der Waals surface area contributed by atoms with E-state index in [1.807, 2.05) is 24.7 Å². The van der Waals surface area contributed by atoms with Gasteiger partial charge in [0, 0.05) is 30.1 Å². The molecule has 0 saturated carbocycles. The zero-order valence-electron chi connectivity index (χ0n) is 13.6. The first-order valence-electron chi connectivity index (χ1n) is 7.45. The molecule has 0 aliphatic rings. The second kappa shape index (κ2) is 5.40. The van der Waals surface area contributed by atoms with Crippen molar-refractivity contribution in [3.8, 4) is 0 Å². The first kappa shape index (κ1) is 14.5. The Bertz CT molecular complexity index is 815. The second-order valence-corrected chi connectivity index (χ2v) is 5.57. The lowest BCUT2D eigenvalue weighted by molar-refractivity contribution is 0.710. The smallest absolute Gasteiger partial charge is 0.254 e. The molecule has 1 unspecified atom stereocenters. The van der Waals surface area contributed by atoms with Gasteiger partial charge in [-0.3, -0.25) is 4.68 Å². The molecule has 22 heavy (non-hydrogen) atoms. The van der Waals surface area contributed by atoms with Gasteiger partial charge in [-0.05, 0) is 27.2 Å². The molecule has 0 aliphatic heterocycles. The molecule has 3 heterocycles. The van der Waals surface area contributed by atoms with E-state index >= 15 is 0 Å². The molecule has 0 radical (unpaired) electrons. The van der Waals surface area contributed by atoms with Crippen molar-refractivity contribution in [3.05, 3.63) is 35.0 Å². The molecule has 3 aromatic heterocycles. The van der Waals surface area contributed by atoms with E-state index in [0.717, 1.165) is 23.6 Å². The summed E-state index contributed by atoms with van der Waals surface area (Å²) in [7, 11) is 1.98. The SMILES string of the molecule is CCC(Nc1cc(C)nc2ncnn12)c1c(C)nn(C)c1C. The van der Waals surface area contributed by atoms with E-state index in [4.69, 9.17) is 0 Å². The fourth-order valence-electron chi connectivity index (χ4n) is 2.88. The average molecular weight is 299 g/mol. The van der Waals surface area contributed by atoms with E-state index in [1.165, 1.54) is 17.6 Å². The Hall–Kier alpha value is -2.44. The third-order valence-electron chi connectivity index (χ3n) is 4.02. The molecule has 1 atom stereocenters. The van der Waals surface area contributed by atoms with Gasteiger partial charge >= 0.3 is 0 Å². The lowest BCUT2D eigenvalue weighted by Gasteiger charge is -2.19. The fraction of sp³-hybridized carbons (Fsp3) is 0.467. The molecule has 0 amide bonds. The molecule has 3 aromatic rings. The number of hydrogen-bond acceptors (Lipinski definition) is 5. The number of aromatic nitrogens is 6. The van der Waals surface area contributed by atoms with Crippen LogP contribution in [0.5, 0.6) is 0 Å². The Morgan fingerprint density at radius 3 is 2.68 bits per heavy atom. The van der Waals surface area contributed by atoms with Crippen LogP contribution in [0.2, 0.25) is 0 Å². The third kappa shape index (κ3) is 2.32. The molecular formula is C15H21N7. The highest BCUT2D eigenvalue weighted by Gasteiger charge is 2.20. The third-order valence-corrected chi connectivity index (χ3v) is 4.02. The first-order valence-corrected chi connectivity index (χ1v) is 7.45. The highest BCUT2D eigenvalue weighted by Crippen LogP contribution is 2.27. The molecule has 3 rings (SSSR count). The van der Waals surface area contributed by atoms with E-state index in [-0.39, 0.29) is 6.04 Å². The summed E-state index contributed by atoms with van der Waals surface area (Å²) in [5.41, 5.74) is 4.39. The van der Waals surface area contributed by atoms with Gasteiger partial charge in [-0.15, -0.1) is 0 Å². The maximum absolute atomic E-state index is 4.52. The minimum Gasteiger partial charge on any atom is -0.363 e. The molecule has 7 nitrogen and oxygen atoms in total. The van der Waals surface area contributed by atoms with Gasteiger partial charge in [0.15, 0.2) is 0 Å². The Balaban J connectivity index is 2.03. The maximum atomic E-state index is 4.52. The van der Waals surface area contributed by atoms with Crippen LogP contribution in [0.25, 0.3) is 5.78 Å². The van der Waals surface area contributed by atoms with Crippen molar-refractivity contribution in [1.82, 2.24) is 29.4 Å². The standard InChI is InChI=1S/C15H21N7/c1-6-12(14-10(3)20-21(5)11(14)4)19-13-7-9(2)18-15-16-8-17-22(13)15/h7-8,12,19H,6H2,1-5H3. The molecule has 0 saturated heterocycles. The number of nitrogens with zero attached hydrogens (tertiary/aromatic N) is 6. The minimum atomic E-state index is 0.169. The average Bonchev–Trinajstić information content (AvgIpc) is 3.02. The number of rotatable bonds is 4. The number of anilines is 1. The lowest BCUT2D eigenvalue weighted by Crippen LogP contribution is -2.15. The molecule has 116 valence electrons. The van der Waals surface area contributed by atoms with E-state index in [9.17, 15) is 0 Å². The summed E-state index contributed by atoms with van der Waals surface area (Å²) in [5.74, 6) is 1.51. The van der Waals surface area contributed by atoms with Gasteiger partial charge in [0.05, 0.1) is 11.7 Å². The Kier molecular flexibility index (Phi) is 3.56. The summed E-state index contributed by atoms with van der Waals surface area (Å²) in [4.78, 5) is 8.54. The van der Waals surface area contributed by atoms with Crippen LogP contribution in [0.3, 0.4) is 0 Å². The quantitative estimate of drug-likeness (QED) is 0.800. The van der Waals surface area contributed by atoms with Gasteiger partial charge in [-0.25, -0.2) is 4.98 Å². The molecule has 0 bridgehead atoms. The van der Waals surface area contributed by atoms with Crippen LogP contribution in [0.1, 0.15) is 42.0 Å². The van der Waals surface area contributed by atoms with Gasteiger partial charge in [0.25, 0.3) is 5.78 Å². The van der Waals surface area contributed by atoms with Crippen molar-refractivity contribution in [2.24, 2.45) is 7.05 Å². The van der Waals surface area contributed by atoms with Crippen molar-refractivity contribution in [3.63, 3.8) is 0 Å². The highest BCUT2D eigenvalue weighted by atomic mass is 15.4. The van der Waals surface area contributed by atoms with E-state index in [1.54, 1.807) is 4.52 Å². The molecule has 7 heteroatoms. The van der Waals surface area contributed by atoms with Gasteiger partial charge < -0.3 is 5.32 Å². The normalized spacial score (nSPS) is 12.8. The largest absolute Gasteiger partial charge is 0.363 e. The summed E-state index contributed by atoms with van der Waals surface area (Å²) in [6.45, 7) is 8.27. The molecular weight excluding hydrogens is 278 g/mol. The summed E-state index contributed by atoms with van der Waals surface area (Å²) < 4.78 is 3.66. The Labute approximate surface area is 129 Å². The highest BCUT2D eigenvalue weighted by molar-refractivity contribution is 5.47. The van der Waals surface area contributed by atoms with E-state index in [2.05, 4.69) is 46.3 Å². The molecule has 0 aliphatic carbocycles.